The van der Waals surface area contributed by atoms with Gasteiger partial charge in [-0.15, -0.1) is 11.8 Å². The van der Waals surface area contributed by atoms with Crippen LogP contribution in [0.1, 0.15) is 26.0 Å². The SMILES string of the molecule is CNCCCn1cnc2c1ccc[n+]2CC1=C(C(=O)O)N2C(=O)C(NC(=O)/C(=N/OC(C)(C)C(=O)O)c3nc(N)sc3Br)C2SC1. The first-order valence-corrected chi connectivity index (χ1v) is 16.6. The molecular formula is C27H31BrN9O7S2+. The van der Waals surface area contributed by atoms with Crippen molar-refractivity contribution < 1.29 is 38.8 Å². The van der Waals surface area contributed by atoms with E-state index in [9.17, 15) is 29.4 Å². The second-order valence-corrected chi connectivity index (χ2v) is 14.3. The van der Waals surface area contributed by atoms with Gasteiger partial charge in [-0.2, -0.15) is 0 Å². The lowest BCUT2D eigenvalue weighted by Gasteiger charge is -2.49. The molecule has 2 aliphatic heterocycles. The van der Waals surface area contributed by atoms with Crippen molar-refractivity contribution in [2.45, 2.75) is 50.4 Å². The number of nitrogens with one attached hydrogen (secondary N) is 2. The van der Waals surface area contributed by atoms with E-state index in [4.69, 9.17) is 10.6 Å². The summed E-state index contributed by atoms with van der Waals surface area (Å²) >= 11 is 5.59. The number of thioether (sulfide) groups is 1. The van der Waals surface area contributed by atoms with Crippen molar-refractivity contribution in [2.24, 2.45) is 5.16 Å². The molecule has 16 nitrogen and oxygen atoms in total. The lowest BCUT2D eigenvalue weighted by molar-refractivity contribution is -0.664. The molecule has 0 bridgehead atoms. The first-order chi connectivity index (χ1) is 21.8. The van der Waals surface area contributed by atoms with E-state index >= 15 is 0 Å². The van der Waals surface area contributed by atoms with Crippen LogP contribution in [0.15, 0.2) is 44.9 Å². The van der Waals surface area contributed by atoms with Gasteiger partial charge in [-0.25, -0.2) is 19.1 Å². The molecule has 2 unspecified atom stereocenters. The Balaban J connectivity index is 1.37. The number of fused-ring (bicyclic) bond motifs is 2. The molecule has 0 spiro atoms. The number of imidazole rings is 1. The number of pyridine rings is 1. The summed E-state index contributed by atoms with van der Waals surface area (Å²) in [6.07, 6.45) is 4.48. The third-order valence-electron chi connectivity index (χ3n) is 7.30. The Morgan fingerprint density at radius 1 is 1.33 bits per heavy atom. The number of aryl methyl sites for hydroxylation is 1. The zero-order chi connectivity index (χ0) is 33.3. The number of rotatable bonds is 13. The molecule has 19 heteroatoms. The van der Waals surface area contributed by atoms with E-state index in [1.807, 2.05) is 34.5 Å². The Kier molecular flexibility index (Phi) is 9.66. The number of β-lactam (4-membered cyclic amide) rings is 1. The Labute approximate surface area is 278 Å². The fraction of sp³-hybridized carbons (Fsp3) is 0.407. The highest BCUT2D eigenvalue weighted by Gasteiger charge is 2.54. The van der Waals surface area contributed by atoms with Crippen LogP contribution in [0, 0.1) is 0 Å². The number of carboxylic acids is 2. The van der Waals surface area contributed by atoms with E-state index in [-0.39, 0.29) is 28.8 Å². The van der Waals surface area contributed by atoms with Gasteiger partial charge in [-0.05, 0) is 66.9 Å². The smallest absolute Gasteiger partial charge is 0.352 e. The third-order valence-corrected chi connectivity index (χ3v) is 10.2. The zero-order valence-electron chi connectivity index (χ0n) is 24.9. The number of nitrogens with two attached hydrogens (primary N) is 1. The van der Waals surface area contributed by atoms with Crippen LogP contribution in [-0.4, -0.2) is 95.5 Å². The predicted octanol–water partition coefficient (Wildman–Crippen LogP) is 0.757. The first-order valence-electron chi connectivity index (χ1n) is 13.9. The maximum atomic E-state index is 13.5. The maximum Gasteiger partial charge on any atom is 0.352 e. The van der Waals surface area contributed by atoms with E-state index in [2.05, 4.69) is 41.7 Å². The number of carbonyl (C=O) groups is 4. The molecule has 0 radical (unpaired) electrons. The Morgan fingerprint density at radius 2 is 2.09 bits per heavy atom. The van der Waals surface area contributed by atoms with Gasteiger partial charge in [0, 0.05) is 17.9 Å². The number of hydrogen-bond acceptors (Lipinski definition) is 12. The van der Waals surface area contributed by atoms with Crippen LogP contribution in [0.3, 0.4) is 0 Å². The van der Waals surface area contributed by atoms with Crippen molar-refractivity contribution in [1.29, 1.82) is 0 Å². The van der Waals surface area contributed by atoms with Gasteiger partial charge < -0.3 is 36.0 Å². The number of nitrogen functional groups attached to an aromatic ring is 1. The van der Waals surface area contributed by atoms with Crippen molar-refractivity contribution in [1.82, 2.24) is 30.1 Å². The molecule has 0 aliphatic carbocycles. The average molecular weight is 738 g/mol. The lowest BCUT2D eigenvalue weighted by Crippen LogP contribution is -2.71. The molecule has 3 aromatic rings. The molecule has 3 aromatic heterocycles. The summed E-state index contributed by atoms with van der Waals surface area (Å²) in [4.78, 5) is 65.9. The minimum absolute atomic E-state index is 0.00908. The molecule has 2 aliphatic rings. The van der Waals surface area contributed by atoms with E-state index < -0.39 is 46.5 Å². The quantitative estimate of drug-likeness (QED) is 0.0540. The van der Waals surface area contributed by atoms with Crippen molar-refractivity contribution in [3.8, 4) is 0 Å². The van der Waals surface area contributed by atoms with Crippen LogP contribution in [0.2, 0.25) is 0 Å². The summed E-state index contributed by atoms with van der Waals surface area (Å²) in [5, 5.41) is 28.5. The van der Waals surface area contributed by atoms with Gasteiger partial charge in [0.05, 0.1) is 6.20 Å². The van der Waals surface area contributed by atoms with Gasteiger partial charge in [0.2, 0.25) is 11.9 Å². The second-order valence-electron chi connectivity index (χ2n) is 10.9. The highest BCUT2D eigenvalue weighted by atomic mass is 79.9. The molecular weight excluding hydrogens is 706 g/mol. The number of carboxylic acid groups (broad SMARTS) is 2. The largest absolute Gasteiger partial charge is 0.478 e. The number of anilines is 1. The molecule has 0 saturated carbocycles. The standard InChI is InChI=1S/C27H30BrN9O7S2/c1-27(2,25(42)43)44-34-16(15-19(28)46-26(29)33-15)21(38)32-17-22(39)37-18(24(40)41)13(11-45-23(17)37)10-35-8-4-6-14-20(35)31-12-36(14)9-5-7-30-3/h4,6,8,12,17,23,30H,5,7,9-11H2,1-3H3,(H4-,29,32,33,38,40,41,42,43)/p+1/b34-16+. The monoisotopic (exact) mass is 736 g/mol. The van der Waals surface area contributed by atoms with Gasteiger partial charge in [0.1, 0.15) is 38.7 Å². The Hall–Kier alpha value is -4.07. The highest BCUT2D eigenvalue weighted by Crippen LogP contribution is 2.40. The number of oxime groups is 1. The lowest BCUT2D eigenvalue weighted by atomic mass is 10.0. The second kappa shape index (κ2) is 13.3. The van der Waals surface area contributed by atoms with Gasteiger partial charge in [0.15, 0.2) is 10.8 Å². The third kappa shape index (κ3) is 6.44. The number of hydrogen-bond donors (Lipinski definition) is 5. The van der Waals surface area contributed by atoms with Crippen molar-refractivity contribution >= 4 is 84.8 Å². The number of nitrogens with zero attached hydrogens (tertiary/aromatic N) is 6. The van der Waals surface area contributed by atoms with Gasteiger partial charge in [0.25, 0.3) is 11.8 Å². The van der Waals surface area contributed by atoms with Crippen LogP contribution in [0.5, 0.6) is 0 Å². The number of thiazole rings is 1. The van der Waals surface area contributed by atoms with E-state index in [0.717, 1.165) is 36.4 Å². The topological polar surface area (TPSA) is 218 Å². The zero-order valence-corrected chi connectivity index (χ0v) is 28.1. The summed E-state index contributed by atoms with van der Waals surface area (Å²) in [5.74, 6) is -3.82. The van der Waals surface area contributed by atoms with Gasteiger partial charge in [-0.3, -0.25) is 14.5 Å². The molecule has 5 rings (SSSR count). The van der Waals surface area contributed by atoms with Gasteiger partial charge in [-0.1, -0.05) is 16.5 Å². The minimum Gasteiger partial charge on any atom is -0.478 e. The highest BCUT2D eigenvalue weighted by molar-refractivity contribution is 9.11. The summed E-state index contributed by atoms with van der Waals surface area (Å²) in [7, 11) is 1.89. The number of amides is 2. The number of aliphatic carboxylic acids is 2. The molecule has 244 valence electrons. The summed E-state index contributed by atoms with van der Waals surface area (Å²) in [6, 6.07) is 2.73. The maximum absolute atomic E-state index is 13.5. The normalized spacial score (nSPS) is 18.4. The predicted molar refractivity (Wildman–Crippen MR) is 172 cm³/mol. The number of halogens is 1. The van der Waals surface area contributed by atoms with Crippen LogP contribution in [0.25, 0.3) is 11.2 Å². The average Bonchev–Trinajstić information content (AvgIpc) is 3.57. The van der Waals surface area contributed by atoms with Crippen LogP contribution in [0.4, 0.5) is 5.13 Å². The number of carbonyl (C=O) groups excluding carboxylic acids is 2. The van der Waals surface area contributed by atoms with Crippen molar-refractivity contribution in [2.75, 3.05) is 25.1 Å². The number of aromatic nitrogens is 4. The van der Waals surface area contributed by atoms with Crippen LogP contribution >= 0.6 is 39.0 Å². The molecule has 2 amide bonds. The summed E-state index contributed by atoms with van der Waals surface area (Å²) in [6.45, 7) is 4.31. The van der Waals surface area contributed by atoms with E-state index in [1.54, 1.807) is 6.33 Å². The fourth-order valence-electron chi connectivity index (χ4n) is 4.89. The Morgan fingerprint density at radius 3 is 2.74 bits per heavy atom. The van der Waals surface area contributed by atoms with Crippen molar-refractivity contribution in [3.63, 3.8) is 0 Å². The summed E-state index contributed by atoms with van der Waals surface area (Å²) in [5.41, 5.74) is 5.54. The molecule has 1 fully saturated rings. The first kappa shape index (κ1) is 33.3. The molecule has 1 saturated heterocycles. The molecule has 6 N–H and O–H groups in total. The van der Waals surface area contributed by atoms with Crippen LogP contribution in [-0.2, 0) is 37.1 Å². The molecule has 46 heavy (non-hydrogen) atoms. The molecule has 5 heterocycles. The minimum atomic E-state index is -1.79. The summed E-state index contributed by atoms with van der Waals surface area (Å²) < 4.78 is 4.23. The molecule has 2 atom stereocenters. The van der Waals surface area contributed by atoms with E-state index in [0.29, 0.717) is 15.0 Å². The van der Waals surface area contributed by atoms with Crippen LogP contribution < -0.4 is 20.9 Å². The fourth-order valence-corrected chi connectivity index (χ4v) is 7.56. The molecule has 0 aromatic carbocycles. The van der Waals surface area contributed by atoms with Gasteiger partial charge >= 0.3 is 17.6 Å². The Bertz CT molecular complexity index is 1790. The van der Waals surface area contributed by atoms with Crippen molar-refractivity contribution in [3.05, 3.63) is 45.4 Å². The van der Waals surface area contributed by atoms with E-state index in [1.165, 1.54) is 30.5 Å².